The minimum atomic E-state index is -0.460. The first-order valence-electron chi connectivity index (χ1n) is 7.95. The largest absolute Gasteiger partial charge is 0.321 e. The van der Waals surface area contributed by atoms with Gasteiger partial charge in [0.2, 0.25) is 0 Å². The molecule has 0 saturated heterocycles. The lowest BCUT2D eigenvalue weighted by Crippen LogP contribution is -2.29. The third-order valence-electron chi connectivity index (χ3n) is 4.10. The fourth-order valence-corrected chi connectivity index (χ4v) is 2.89. The van der Waals surface area contributed by atoms with E-state index in [4.69, 9.17) is 0 Å². The van der Waals surface area contributed by atoms with Crippen molar-refractivity contribution in [3.63, 3.8) is 0 Å². The minimum absolute atomic E-state index is 0.193. The van der Waals surface area contributed by atoms with E-state index in [2.05, 4.69) is 10.3 Å². The molecule has 0 bridgehead atoms. The summed E-state index contributed by atoms with van der Waals surface area (Å²) >= 11 is 0. The summed E-state index contributed by atoms with van der Waals surface area (Å²) in [5.74, 6) is -1.27. The van der Waals surface area contributed by atoms with Crippen LogP contribution < -0.4 is 10.2 Å². The van der Waals surface area contributed by atoms with Crippen molar-refractivity contribution in [1.29, 1.82) is 0 Å². The number of pyridine rings is 1. The molecule has 2 aromatic carbocycles. The second-order valence-electron chi connectivity index (χ2n) is 5.71. The van der Waals surface area contributed by atoms with Gasteiger partial charge in [0.1, 0.15) is 0 Å². The Hall–Kier alpha value is -3.80. The van der Waals surface area contributed by atoms with Crippen molar-refractivity contribution in [3.05, 3.63) is 89.7 Å². The molecule has 126 valence electrons. The van der Waals surface area contributed by atoms with Crippen molar-refractivity contribution < 1.29 is 14.4 Å². The Balaban J connectivity index is 1.71. The number of aromatic nitrogens is 1. The maximum atomic E-state index is 12.9. The summed E-state index contributed by atoms with van der Waals surface area (Å²) in [6.45, 7) is 0. The predicted octanol–water partition coefficient (Wildman–Crippen LogP) is 3.13. The highest BCUT2D eigenvalue weighted by molar-refractivity contribution is 6.36. The van der Waals surface area contributed by atoms with Gasteiger partial charge in [-0.2, -0.15) is 0 Å². The number of carbonyl (C=O) groups excluding carboxylic acids is 3. The van der Waals surface area contributed by atoms with Gasteiger partial charge in [-0.05, 0) is 36.4 Å². The molecular formula is C20H13N3O3. The van der Waals surface area contributed by atoms with Crippen LogP contribution in [0.2, 0.25) is 0 Å². The number of amides is 3. The molecule has 0 aliphatic carbocycles. The lowest BCUT2D eigenvalue weighted by atomic mass is 10.1. The molecule has 26 heavy (non-hydrogen) atoms. The highest BCUT2D eigenvalue weighted by Gasteiger charge is 2.38. The molecule has 6 heteroatoms. The average Bonchev–Trinajstić information content (AvgIpc) is 2.94. The molecule has 1 aromatic heterocycles. The molecule has 2 heterocycles. The summed E-state index contributed by atoms with van der Waals surface area (Å²) in [5.41, 5.74) is 1.61. The van der Waals surface area contributed by atoms with Crippen LogP contribution in [-0.2, 0) is 0 Å². The van der Waals surface area contributed by atoms with Crippen molar-refractivity contribution in [3.8, 4) is 0 Å². The van der Waals surface area contributed by atoms with E-state index in [0.29, 0.717) is 16.9 Å². The van der Waals surface area contributed by atoms with E-state index in [1.165, 1.54) is 6.20 Å². The molecule has 6 nitrogen and oxygen atoms in total. The molecule has 0 spiro atoms. The molecule has 1 aliphatic rings. The Morgan fingerprint density at radius 2 is 1.69 bits per heavy atom. The number of hydrogen-bond donors (Lipinski definition) is 1. The zero-order valence-electron chi connectivity index (χ0n) is 13.5. The summed E-state index contributed by atoms with van der Waals surface area (Å²) < 4.78 is 0. The van der Waals surface area contributed by atoms with Crippen molar-refractivity contribution in [2.24, 2.45) is 0 Å². The summed E-state index contributed by atoms with van der Waals surface area (Å²) in [7, 11) is 0. The Morgan fingerprint density at radius 1 is 0.885 bits per heavy atom. The molecule has 1 aliphatic heterocycles. The number of fused-ring (bicyclic) bond motifs is 1. The number of nitrogens with zero attached hydrogens (tertiary/aromatic N) is 2. The lowest BCUT2D eigenvalue weighted by molar-refractivity contribution is 0.0926. The summed E-state index contributed by atoms with van der Waals surface area (Å²) in [5, 5.41) is 2.70. The molecule has 0 radical (unpaired) electrons. The first-order valence-corrected chi connectivity index (χ1v) is 7.95. The van der Waals surface area contributed by atoms with Gasteiger partial charge in [-0.1, -0.05) is 24.3 Å². The lowest BCUT2D eigenvalue weighted by Gasteiger charge is -2.13. The van der Waals surface area contributed by atoms with E-state index in [1.54, 1.807) is 66.9 Å². The minimum Gasteiger partial charge on any atom is -0.321 e. The van der Waals surface area contributed by atoms with Gasteiger partial charge in [-0.15, -0.1) is 0 Å². The number of hydrogen-bond acceptors (Lipinski definition) is 4. The van der Waals surface area contributed by atoms with Crippen LogP contribution in [0.5, 0.6) is 0 Å². The van der Waals surface area contributed by atoms with Gasteiger partial charge in [0.05, 0.1) is 28.1 Å². The molecule has 0 fully saturated rings. The highest BCUT2D eigenvalue weighted by Crippen LogP contribution is 2.32. The number of imide groups is 1. The molecule has 3 aromatic rings. The number of carbonyl (C=O) groups is 3. The third kappa shape index (κ3) is 2.53. The van der Waals surface area contributed by atoms with E-state index < -0.39 is 17.7 Å². The first-order chi connectivity index (χ1) is 12.7. The Labute approximate surface area is 149 Å². The standard InChI is InChI=1S/C20H13N3O3/c24-18(13-6-5-11-21-12-13)22-16-10-4-9-15-17(16)20(26)23(19(15)25)14-7-2-1-3-8-14/h1-12H,(H,22,24). The second kappa shape index (κ2) is 6.25. The number of nitrogens with one attached hydrogen (secondary N) is 1. The second-order valence-corrected chi connectivity index (χ2v) is 5.71. The predicted molar refractivity (Wildman–Crippen MR) is 96.2 cm³/mol. The SMILES string of the molecule is O=C(Nc1cccc2c1C(=O)N(c1ccccc1)C2=O)c1cccnc1. The monoisotopic (exact) mass is 343 g/mol. The van der Waals surface area contributed by atoms with Crippen LogP contribution in [0.4, 0.5) is 11.4 Å². The molecule has 3 amide bonds. The van der Waals surface area contributed by atoms with Gasteiger partial charge in [-0.3, -0.25) is 19.4 Å². The molecule has 0 unspecified atom stereocenters. The van der Waals surface area contributed by atoms with Crippen LogP contribution in [0.25, 0.3) is 0 Å². The molecule has 1 N–H and O–H groups in total. The van der Waals surface area contributed by atoms with Crippen LogP contribution in [0.1, 0.15) is 31.1 Å². The zero-order valence-corrected chi connectivity index (χ0v) is 13.5. The van der Waals surface area contributed by atoms with Crippen LogP contribution >= 0.6 is 0 Å². The topological polar surface area (TPSA) is 79.4 Å². The normalized spacial score (nSPS) is 12.8. The van der Waals surface area contributed by atoms with Crippen molar-refractivity contribution >= 4 is 29.1 Å². The van der Waals surface area contributed by atoms with Gasteiger partial charge >= 0.3 is 0 Å². The van der Waals surface area contributed by atoms with E-state index in [-0.39, 0.29) is 11.1 Å². The quantitative estimate of drug-likeness (QED) is 0.741. The average molecular weight is 343 g/mol. The van der Waals surface area contributed by atoms with E-state index >= 15 is 0 Å². The zero-order chi connectivity index (χ0) is 18.1. The summed E-state index contributed by atoms with van der Waals surface area (Å²) in [6.07, 6.45) is 3.00. The Morgan fingerprint density at radius 3 is 2.42 bits per heavy atom. The van der Waals surface area contributed by atoms with Crippen LogP contribution in [0.15, 0.2) is 73.1 Å². The molecule has 0 saturated carbocycles. The summed E-state index contributed by atoms with van der Waals surface area (Å²) in [6, 6.07) is 16.8. The van der Waals surface area contributed by atoms with Crippen molar-refractivity contribution in [1.82, 2.24) is 4.98 Å². The third-order valence-corrected chi connectivity index (χ3v) is 4.10. The van der Waals surface area contributed by atoms with E-state index in [1.807, 2.05) is 0 Å². The highest BCUT2D eigenvalue weighted by atomic mass is 16.2. The fraction of sp³-hybridized carbons (Fsp3) is 0. The first kappa shape index (κ1) is 15.7. The number of anilines is 2. The van der Waals surface area contributed by atoms with Gasteiger partial charge in [0.15, 0.2) is 0 Å². The fourth-order valence-electron chi connectivity index (χ4n) is 2.89. The molecule has 4 rings (SSSR count). The smallest absolute Gasteiger partial charge is 0.268 e. The number of para-hydroxylation sites is 1. The van der Waals surface area contributed by atoms with Gasteiger partial charge in [0, 0.05) is 12.4 Å². The van der Waals surface area contributed by atoms with E-state index in [9.17, 15) is 14.4 Å². The maximum absolute atomic E-state index is 12.9. The van der Waals surface area contributed by atoms with Crippen LogP contribution in [0.3, 0.4) is 0 Å². The van der Waals surface area contributed by atoms with Gasteiger partial charge in [0.25, 0.3) is 17.7 Å². The van der Waals surface area contributed by atoms with Gasteiger partial charge in [-0.25, -0.2) is 4.90 Å². The van der Waals surface area contributed by atoms with Gasteiger partial charge < -0.3 is 5.32 Å². The number of benzene rings is 2. The Kier molecular flexibility index (Phi) is 3.78. The molecule has 0 atom stereocenters. The van der Waals surface area contributed by atoms with Crippen LogP contribution in [0, 0.1) is 0 Å². The van der Waals surface area contributed by atoms with Crippen molar-refractivity contribution in [2.75, 3.05) is 10.2 Å². The van der Waals surface area contributed by atoms with Crippen LogP contribution in [-0.4, -0.2) is 22.7 Å². The molecular weight excluding hydrogens is 330 g/mol. The van der Waals surface area contributed by atoms with E-state index in [0.717, 1.165) is 4.90 Å². The summed E-state index contributed by atoms with van der Waals surface area (Å²) in [4.78, 5) is 43.0. The maximum Gasteiger partial charge on any atom is 0.268 e. The van der Waals surface area contributed by atoms with Crippen molar-refractivity contribution in [2.45, 2.75) is 0 Å². The Bertz CT molecular complexity index is 1020. The number of rotatable bonds is 3.